The van der Waals surface area contributed by atoms with Crippen molar-refractivity contribution < 1.29 is 15.3 Å². The average molecular weight is 187 g/mol. The van der Waals surface area contributed by atoms with Crippen LogP contribution < -0.4 is 0 Å². The third kappa shape index (κ3) is 1.21. The number of hydrogen-bond acceptors (Lipinski definition) is 4. The SMILES string of the molecule is C[C@@H]1CC[C@@H]2[C@H](O)[C@H](O)[C@@H](CO)N12. The normalized spacial score (nSPS) is 51.2. The van der Waals surface area contributed by atoms with Gasteiger partial charge in [0.15, 0.2) is 0 Å². The molecule has 2 rings (SSSR count). The number of nitrogens with zero attached hydrogens (tertiary/aromatic N) is 1. The summed E-state index contributed by atoms with van der Waals surface area (Å²) in [6.45, 7) is 2.01. The average Bonchev–Trinajstić information content (AvgIpc) is 2.58. The zero-order valence-electron chi connectivity index (χ0n) is 7.80. The fourth-order valence-electron chi connectivity index (χ4n) is 2.79. The minimum absolute atomic E-state index is 0.0575. The van der Waals surface area contributed by atoms with Crippen LogP contribution in [0.1, 0.15) is 19.8 Å². The molecule has 0 spiro atoms. The van der Waals surface area contributed by atoms with Crippen molar-refractivity contribution in [3.05, 3.63) is 0 Å². The number of aliphatic hydroxyl groups excluding tert-OH is 3. The maximum Gasteiger partial charge on any atom is 0.0991 e. The summed E-state index contributed by atoms with van der Waals surface area (Å²) in [5, 5.41) is 28.4. The lowest BCUT2D eigenvalue weighted by atomic mass is 10.0. The minimum Gasteiger partial charge on any atom is -0.395 e. The van der Waals surface area contributed by atoms with Gasteiger partial charge in [0.05, 0.1) is 24.9 Å². The van der Waals surface area contributed by atoms with Crippen LogP contribution in [0.4, 0.5) is 0 Å². The molecule has 3 N–H and O–H groups in total. The summed E-state index contributed by atoms with van der Waals surface area (Å²) in [5.74, 6) is 0. The van der Waals surface area contributed by atoms with Crippen LogP contribution in [0.15, 0.2) is 0 Å². The van der Waals surface area contributed by atoms with Crippen molar-refractivity contribution in [3.8, 4) is 0 Å². The van der Waals surface area contributed by atoms with Gasteiger partial charge in [-0.3, -0.25) is 4.90 Å². The second-order valence-corrected chi connectivity index (χ2v) is 4.17. The molecule has 2 aliphatic heterocycles. The van der Waals surface area contributed by atoms with E-state index in [2.05, 4.69) is 11.8 Å². The van der Waals surface area contributed by atoms with Gasteiger partial charge >= 0.3 is 0 Å². The van der Waals surface area contributed by atoms with Crippen molar-refractivity contribution in [3.63, 3.8) is 0 Å². The zero-order chi connectivity index (χ0) is 9.59. The summed E-state index contributed by atoms with van der Waals surface area (Å²) in [6.07, 6.45) is 0.515. The van der Waals surface area contributed by atoms with Gasteiger partial charge in [0, 0.05) is 12.1 Å². The Labute approximate surface area is 77.8 Å². The summed E-state index contributed by atoms with van der Waals surface area (Å²) in [4.78, 5) is 2.06. The highest BCUT2D eigenvalue weighted by Crippen LogP contribution is 2.36. The topological polar surface area (TPSA) is 63.9 Å². The molecule has 2 aliphatic rings. The molecule has 13 heavy (non-hydrogen) atoms. The molecule has 0 aromatic carbocycles. The van der Waals surface area contributed by atoms with E-state index in [1.807, 2.05) is 0 Å². The molecule has 2 saturated heterocycles. The van der Waals surface area contributed by atoms with E-state index in [0.29, 0.717) is 6.04 Å². The summed E-state index contributed by atoms with van der Waals surface area (Å²) < 4.78 is 0. The monoisotopic (exact) mass is 187 g/mol. The van der Waals surface area contributed by atoms with Gasteiger partial charge in [-0.1, -0.05) is 0 Å². The first-order valence-electron chi connectivity index (χ1n) is 4.91. The second-order valence-electron chi connectivity index (χ2n) is 4.17. The molecule has 0 bridgehead atoms. The number of hydrogen-bond donors (Lipinski definition) is 3. The molecule has 0 amide bonds. The van der Waals surface area contributed by atoms with E-state index in [-0.39, 0.29) is 18.7 Å². The Kier molecular flexibility index (Phi) is 2.32. The van der Waals surface area contributed by atoms with Crippen LogP contribution in [0.2, 0.25) is 0 Å². The highest BCUT2D eigenvalue weighted by atomic mass is 16.3. The van der Waals surface area contributed by atoms with Gasteiger partial charge in [-0.05, 0) is 19.8 Å². The van der Waals surface area contributed by atoms with Gasteiger partial charge in [0.2, 0.25) is 0 Å². The first-order chi connectivity index (χ1) is 6.16. The quantitative estimate of drug-likeness (QED) is 0.489. The molecule has 0 radical (unpaired) electrons. The fraction of sp³-hybridized carbons (Fsp3) is 1.00. The van der Waals surface area contributed by atoms with E-state index in [9.17, 15) is 10.2 Å². The molecule has 0 aromatic rings. The Morgan fingerprint density at radius 1 is 1.23 bits per heavy atom. The molecule has 5 atom stereocenters. The van der Waals surface area contributed by atoms with Crippen molar-refractivity contribution in [2.45, 2.75) is 50.1 Å². The molecule has 0 saturated carbocycles. The van der Waals surface area contributed by atoms with Crippen LogP contribution in [0, 0.1) is 0 Å². The molecule has 4 heteroatoms. The lowest BCUT2D eigenvalue weighted by Crippen LogP contribution is -2.42. The summed E-state index contributed by atoms with van der Waals surface area (Å²) >= 11 is 0. The van der Waals surface area contributed by atoms with Crippen molar-refractivity contribution >= 4 is 0 Å². The maximum atomic E-state index is 9.68. The summed E-state index contributed by atoms with van der Waals surface area (Å²) in [5.41, 5.74) is 0. The first-order valence-corrected chi connectivity index (χ1v) is 4.91. The smallest absolute Gasteiger partial charge is 0.0991 e. The second kappa shape index (κ2) is 3.20. The van der Waals surface area contributed by atoms with Gasteiger partial charge < -0.3 is 15.3 Å². The van der Waals surface area contributed by atoms with Crippen LogP contribution in [0.5, 0.6) is 0 Å². The highest BCUT2D eigenvalue weighted by molar-refractivity contribution is 5.05. The lowest BCUT2D eigenvalue weighted by Gasteiger charge is -2.27. The Balaban J connectivity index is 2.20. The fourth-order valence-corrected chi connectivity index (χ4v) is 2.79. The molecular formula is C9H17NO3. The van der Waals surface area contributed by atoms with Gasteiger partial charge in [-0.2, -0.15) is 0 Å². The summed E-state index contributed by atoms with van der Waals surface area (Å²) in [7, 11) is 0. The van der Waals surface area contributed by atoms with E-state index in [0.717, 1.165) is 12.8 Å². The van der Waals surface area contributed by atoms with Crippen molar-refractivity contribution in [1.29, 1.82) is 0 Å². The molecule has 0 unspecified atom stereocenters. The number of rotatable bonds is 1. The van der Waals surface area contributed by atoms with Crippen LogP contribution in [0.25, 0.3) is 0 Å². The number of aliphatic hydroxyl groups is 3. The van der Waals surface area contributed by atoms with E-state index in [4.69, 9.17) is 5.11 Å². The molecule has 4 nitrogen and oxygen atoms in total. The van der Waals surface area contributed by atoms with Gasteiger partial charge in [-0.15, -0.1) is 0 Å². The van der Waals surface area contributed by atoms with E-state index in [1.165, 1.54) is 0 Å². The largest absolute Gasteiger partial charge is 0.395 e. The Hall–Kier alpha value is -0.160. The standard InChI is InChI=1S/C9H17NO3/c1-5-2-3-6-8(12)9(13)7(4-11)10(5)6/h5-9,11-13H,2-4H2,1H3/t5-,6-,7-,8+,9-/m1/s1. The van der Waals surface area contributed by atoms with Gasteiger partial charge in [0.25, 0.3) is 0 Å². The third-order valence-electron chi connectivity index (χ3n) is 3.48. The van der Waals surface area contributed by atoms with E-state index < -0.39 is 12.2 Å². The van der Waals surface area contributed by atoms with Crippen LogP contribution in [-0.2, 0) is 0 Å². The van der Waals surface area contributed by atoms with Gasteiger partial charge in [0.1, 0.15) is 0 Å². The Bertz CT molecular complexity index is 197. The van der Waals surface area contributed by atoms with Crippen molar-refractivity contribution in [2.24, 2.45) is 0 Å². The lowest BCUT2D eigenvalue weighted by molar-refractivity contribution is 0.0132. The molecule has 2 fully saturated rings. The van der Waals surface area contributed by atoms with Crippen LogP contribution in [-0.4, -0.2) is 57.2 Å². The maximum absolute atomic E-state index is 9.68. The van der Waals surface area contributed by atoms with Gasteiger partial charge in [-0.25, -0.2) is 0 Å². The van der Waals surface area contributed by atoms with E-state index in [1.54, 1.807) is 0 Å². The number of fused-ring (bicyclic) bond motifs is 1. The Morgan fingerprint density at radius 2 is 1.92 bits per heavy atom. The molecule has 76 valence electrons. The van der Waals surface area contributed by atoms with E-state index >= 15 is 0 Å². The van der Waals surface area contributed by atoms with Crippen LogP contribution in [0.3, 0.4) is 0 Å². The molecule has 2 heterocycles. The molecular weight excluding hydrogens is 170 g/mol. The summed E-state index contributed by atoms with van der Waals surface area (Å²) in [6, 6.07) is 0.161. The zero-order valence-corrected chi connectivity index (χ0v) is 7.80. The predicted octanol–water partition coefficient (Wildman–Crippen LogP) is -1.06. The predicted molar refractivity (Wildman–Crippen MR) is 47.2 cm³/mol. The van der Waals surface area contributed by atoms with Crippen molar-refractivity contribution in [2.75, 3.05) is 6.61 Å². The van der Waals surface area contributed by atoms with Crippen LogP contribution >= 0.6 is 0 Å². The molecule has 0 aromatic heterocycles. The third-order valence-corrected chi connectivity index (χ3v) is 3.48. The minimum atomic E-state index is -0.780. The first kappa shape index (κ1) is 9.40. The van der Waals surface area contributed by atoms with Crippen molar-refractivity contribution in [1.82, 2.24) is 4.90 Å². The highest BCUT2D eigenvalue weighted by Gasteiger charge is 2.51. The Morgan fingerprint density at radius 3 is 2.54 bits per heavy atom. The molecule has 0 aliphatic carbocycles.